The molecule has 1 aliphatic heterocycles. The van der Waals surface area contributed by atoms with E-state index in [-0.39, 0.29) is 24.0 Å². The maximum absolute atomic E-state index is 5.45. The zero-order valence-electron chi connectivity index (χ0n) is 18.0. The highest BCUT2D eigenvalue weighted by Gasteiger charge is 2.22. The van der Waals surface area contributed by atoms with Gasteiger partial charge in [-0.2, -0.15) is 5.10 Å². The highest BCUT2D eigenvalue weighted by atomic mass is 127. The van der Waals surface area contributed by atoms with Crippen molar-refractivity contribution in [2.24, 2.45) is 10.9 Å². The van der Waals surface area contributed by atoms with E-state index in [0.29, 0.717) is 6.04 Å². The molecule has 7 nitrogen and oxygen atoms in total. The van der Waals surface area contributed by atoms with Gasteiger partial charge in [-0.25, -0.2) is 9.67 Å². The van der Waals surface area contributed by atoms with Gasteiger partial charge in [-0.3, -0.25) is 4.99 Å². The second-order valence-electron chi connectivity index (χ2n) is 8.31. The molecule has 8 heteroatoms. The Kier molecular flexibility index (Phi) is 9.02. The van der Waals surface area contributed by atoms with Crippen LogP contribution in [0.1, 0.15) is 62.9 Å². The number of halogens is 1. The largest absolute Gasteiger partial charge is 0.469 e. The molecular formula is C22H35IN6O. The molecule has 30 heavy (non-hydrogen) atoms. The Morgan fingerprint density at radius 1 is 1.27 bits per heavy atom. The Balaban J connectivity index is 0.00000256. The average molecular weight is 526 g/mol. The number of guanidine groups is 1. The molecule has 0 amide bonds. The third kappa shape index (κ3) is 6.46. The second-order valence-corrected chi connectivity index (χ2v) is 8.31. The van der Waals surface area contributed by atoms with Crippen LogP contribution in [0.3, 0.4) is 0 Å². The van der Waals surface area contributed by atoms with Crippen LogP contribution >= 0.6 is 24.0 Å². The van der Waals surface area contributed by atoms with Gasteiger partial charge in [0.15, 0.2) is 11.8 Å². The maximum atomic E-state index is 5.45. The summed E-state index contributed by atoms with van der Waals surface area (Å²) in [5, 5.41) is 11.8. The van der Waals surface area contributed by atoms with Crippen LogP contribution in [-0.4, -0.2) is 39.9 Å². The van der Waals surface area contributed by atoms with Crippen molar-refractivity contribution >= 4 is 29.9 Å². The molecule has 2 N–H and O–H groups in total. The van der Waals surface area contributed by atoms with E-state index in [0.717, 1.165) is 74.6 Å². The third-order valence-electron chi connectivity index (χ3n) is 6.04. The van der Waals surface area contributed by atoms with Crippen molar-refractivity contribution in [2.45, 2.75) is 77.3 Å². The predicted molar refractivity (Wildman–Crippen MR) is 129 cm³/mol. The fourth-order valence-electron chi connectivity index (χ4n) is 4.32. The Labute approximate surface area is 196 Å². The quantitative estimate of drug-likeness (QED) is 0.327. The summed E-state index contributed by atoms with van der Waals surface area (Å²) in [6, 6.07) is 4.29. The van der Waals surface area contributed by atoms with Crippen molar-refractivity contribution < 1.29 is 4.42 Å². The molecule has 1 unspecified atom stereocenters. The lowest BCUT2D eigenvalue weighted by atomic mass is 9.89. The van der Waals surface area contributed by atoms with Crippen molar-refractivity contribution in [3.05, 3.63) is 35.8 Å². The molecule has 1 aliphatic carbocycles. The van der Waals surface area contributed by atoms with Gasteiger partial charge in [-0.05, 0) is 37.3 Å². The number of fused-ring (bicyclic) bond motifs is 1. The van der Waals surface area contributed by atoms with Gasteiger partial charge >= 0.3 is 0 Å². The van der Waals surface area contributed by atoms with E-state index in [2.05, 4.69) is 32.3 Å². The van der Waals surface area contributed by atoms with E-state index in [4.69, 9.17) is 9.41 Å². The Morgan fingerprint density at radius 2 is 2.13 bits per heavy atom. The van der Waals surface area contributed by atoms with Gasteiger partial charge in [-0.1, -0.05) is 26.2 Å². The summed E-state index contributed by atoms with van der Waals surface area (Å²) in [5.41, 5.74) is 0. The topological polar surface area (TPSA) is 80.3 Å². The highest BCUT2D eigenvalue weighted by Crippen LogP contribution is 2.23. The van der Waals surface area contributed by atoms with E-state index in [1.54, 1.807) is 6.26 Å². The monoisotopic (exact) mass is 526 g/mol. The molecule has 3 heterocycles. The fraction of sp³-hybridized carbons (Fsp3) is 0.682. The first-order valence-corrected chi connectivity index (χ1v) is 11.3. The minimum Gasteiger partial charge on any atom is -0.469 e. The van der Waals surface area contributed by atoms with Gasteiger partial charge in [0.05, 0.1) is 12.8 Å². The molecule has 0 aromatic carbocycles. The summed E-state index contributed by atoms with van der Waals surface area (Å²) >= 11 is 0. The molecule has 4 rings (SSSR count). The van der Waals surface area contributed by atoms with Gasteiger partial charge in [0, 0.05) is 38.4 Å². The van der Waals surface area contributed by atoms with Crippen molar-refractivity contribution in [1.82, 2.24) is 25.4 Å². The van der Waals surface area contributed by atoms with Crippen molar-refractivity contribution in [2.75, 3.05) is 13.1 Å². The summed E-state index contributed by atoms with van der Waals surface area (Å²) in [6.45, 7) is 4.68. The summed E-state index contributed by atoms with van der Waals surface area (Å²) in [6.07, 6.45) is 12.2. The SMILES string of the molecule is CCc1nc2n(n1)CC(NC(=NCC1CCCCC1)NCCc1ccco1)CC2.I. The number of hydrogen-bond acceptors (Lipinski definition) is 4. The molecule has 2 aliphatic rings. The van der Waals surface area contributed by atoms with Crippen molar-refractivity contribution in [1.29, 1.82) is 0 Å². The van der Waals surface area contributed by atoms with Crippen molar-refractivity contribution in [3.8, 4) is 0 Å². The van der Waals surface area contributed by atoms with Crippen LogP contribution in [0.25, 0.3) is 0 Å². The summed E-state index contributed by atoms with van der Waals surface area (Å²) < 4.78 is 7.52. The first-order chi connectivity index (χ1) is 14.3. The molecule has 0 bridgehead atoms. The Morgan fingerprint density at radius 3 is 2.90 bits per heavy atom. The van der Waals surface area contributed by atoms with E-state index in [1.165, 1.54) is 32.1 Å². The number of rotatable bonds is 7. The average Bonchev–Trinajstić information content (AvgIpc) is 3.41. The first kappa shape index (κ1) is 23.1. The smallest absolute Gasteiger partial charge is 0.191 e. The molecule has 1 atom stereocenters. The number of nitrogens with one attached hydrogen (secondary N) is 2. The van der Waals surface area contributed by atoms with E-state index < -0.39 is 0 Å². The van der Waals surface area contributed by atoms with Crippen molar-refractivity contribution in [3.63, 3.8) is 0 Å². The predicted octanol–water partition coefficient (Wildman–Crippen LogP) is 3.72. The minimum absolute atomic E-state index is 0. The number of hydrogen-bond donors (Lipinski definition) is 2. The molecule has 0 radical (unpaired) electrons. The molecular weight excluding hydrogens is 491 g/mol. The van der Waals surface area contributed by atoms with E-state index >= 15 is 0 Å². The molecule has 1 fully saturated rings. The molecule has 2 aromatic rings. The van der Waals surface area contributed by atoms with Gasteiger partial charge < -0.3 is 15.1 Å². The Hall–Kier alpha value is -1.58. The van der Waals surface area contributed by atoms with Gasteiger partial charge in [0.2, 0.25) is 0 Å². The summed E-state index contributed by atoms with van der Waals surface area (Å²) in [5.74, 6) is 4.72. The van der Waals surface area contributed by atoms with E-state index in [1.807, 2.05) is 12.1 Å². The van der Waals surface area contributed by atoms with E-state index in [9.17, 15) is 0 Å². The maximum Gasteiger partial charge on any atom is 0.191 e. The molecule has 2 aromatic heterocycles. The summed E-state index contributed by atoms with van der Waals surface area (Å²) in [7, 11) is 0. The molecule has 0 spiro atoms. The molecule has 166 valence electrons. The zero-order chi connectivity index (χ0) is 19.9. The fourth-order valence-corrected chi connectivity index (χ4v) is 4.32. The third-order valence-corrected chi connectivity index (χ3v) is 6.04. The lowest BCUT2D eigenvalue weighted by Crippen LogP contribution is -2.47. The number of aryl methyl sites for hydroxylation is 2. The number of aromatic nitrogens is 3. The van der Waals surface area contributed by atoms with Gasteiger partial charge in [0.1, 0.15) is 11.6 Å². The van der Waals surface area contributed by atoms with Crippen LogP contribution in [0.15, 0.2) is 27.8 Å². The van der Waals surface area contributed by atoms with Crippen LogP contribution < -0.4 is 10.6 Å². The minimum atomic E-state index is 0. The molecule has 1 saturated carbocycles. The first-order valence-electron chi connectivity index (χ1n) is 11.3. The van der Waals surface area contributed by atoms with Crippen LogP contribution in [0.2, 0.25) is 0 Å². The van der Waals surface area contributed by atoms with Crippen LogP contribution in [-0.2, 0) is 25.8 Å². The number of furan rings is 1. The second kappa shape index (κ2) is 11.7. The highest BCUT2D eigenvalue weighted by molar-refractivity contribution is 14.0. The lowest BCUT2D eigenvalue weighted by molar-refractivity contribution is 0.364. The van der Waals surface area contributed by atoms with Gasteiger partial charge in [-0.15, -0.1) is 24.0 Å². The molecule has 0 saturated heterocycles. The Bertz CT molecular complexity index is 782. The number of aliphatic imine (C=N–C) groups is 1. The van der Waals surface area contributed by atoms with Crippen LogP contribution in [0.4, 0.5) is 0 Å². The lowest BCUT2D eigenvalue weighted by Gasteiger charge is -2.26. The normalized spacial score (nSPS) is 19.8. The standard InChI is InChI=1S/C22H34N6O.HI/c1-2-20-26-21-11-10-18(16-28(21)27-20)25-22(23-13-12-19-9-6-14-29-19)24-15-17-7-4-3-5-8-17;/h6,9,14,17-18H,2-5,7-8,10-13,15-16H2,1H3,(H2,23,24,25);1H. The summed E-state index contributed by atoms with van der Waals surface area (Å²) in [4.78, 5) is 9.58. The van der Waals surface area contributed by atoms with Crippen LogP contribution in [0.5, 0.6) is 0 Å². The van der Waals surface area contributed by atoms with Crippen LogP contribution in [0, 0.1) is 5.92 Å². The van der Waals surface area contributed by atoms with Gasteiger partial charge in [0.25, 0.3) is 0 Å². The number of nitrogens with zero attached hydrogens (tertiary/aromatic N) is 4. The zero-order valence-corrected chi connectivity index (χ0v) is 20.3.